The fraction of sp³-hybridized carbons (Fsp3) is 0.833. The number of nitrogens with zero attached hydrogens (tertiary/aromatic N) is 1. The molecule has 4 fully saturated rings. The van der Waals surface area contributed by atoms with Crippen molar-refractivity contribution in [3.8, 4) is 0 Å². The van der Waals surface area contributed by atoms with Gasteiger partial charge >= 0.3 is 7.12 Å². The number of carbonyl (C=O) groups is 2. The predicted molar refractivity (Wildman–Crippen MR) is 166 cm³/mol. The molecular formula is C30H53BN6O6. The van der Waals surface area contributed by atoms with Gasteiger partial charge in [-0.05, 0) is 81.1 Å². The van der Waals surface area contributed by atoms with Gasteiger partial charge in [-0.3, -0.25) is 15.0 Å². The van der Waals surface area contributed by atoms with Crippen molar-refractivity contribution in [1.82, 2.24) is 21.4 Å². The molecule has 2 bridgehead atoms. The first-order valence-electron chi connectivity index (χ1n) is 16.1. The van der Waals surface area contributed by atoms with Crippen molar-refractivity contribution in [3.05, 3.63) is 22.3 Å². The monoisotopic (exact) mass is 604 g/mol. The molecule has 1 heterocycles. The summed E-state index contributed by atoms with van der Waals surface area (Å²) in [4.78, 5) is 37.0. The van der Waals surface area contributed by atoms with E-state index in [1.54, 1.807) is 5.43 Å². The molecule has 3 saturated carbocycles. The van der Waals surface area contributed by atoms with Crippen LogP contribution in [0, 0.1) is 38.7 Å². The number of allylic oxidation sites excluding steroid dienone is 1. The van der Waals surface area contributed by atoms with Crippen molar-refractivity contribution in [1.29, 1.82) is 5.41 Å². The molecule has 242 valence electrons. The SMILES string of the molecule is CCCCCCC=CC(=O)N[C@@H](CCCNC(=N)N[N+](=O)[O-])C(=O)N[C@@H](CC(C)C)B1O[C@@H]2C[C@@H]3C[C@@H](C3(C)C)[C@]2(C)O1. The zero-order chi connectivity index (χ0) is 31.8. The molecule has 0 aromatic rings. The van der Waals surface area contributed by atoms with Crippen LogP contribution in [0.5, 0.6) is 0 Å². The van der Waals surface area contributed by atoms with E-state index in [0.29, 0.717) is 24.7 Å². The first-order chi connectivity index (χ1) is 20.3. The molecule has 4 aliphatic rings. The Kier molecular flexibility index (Phi) is 12.4. The lowest BCUT2D eigenvalue weighted by Crippen LogP contribution is -2.65. The standard InChI is InChI=1S/C30H53BN6O6/c1-7-8-9-10-11-12-15-26(38)34-22(14-13-16-33-28(32)36-37(40)41)27(39)35-25(17-20(2)3)31-42-24-19-21-18-23(29(21,4)5)30(24,6)43-31/h12,15,20-25H,7-11,13-14,16-19H2,1-6H3,(H,34,38)(H,35,39)(H3,32,33,36)/t21-,22-,23-,24+,25-,30-/m0/s1. The highest BCUT2D eigenvalue weighted by Crippen LogP contribution is 2.65. The zero-order valence-corrected chi connectivity index (χ0v) is 26.9. The maximum Gasteiger partial charge on any atom is 0.481 e. The average molecular weight is 605 g/mol. The minimum Gasteiger partial charge on any atom is -0.404 e. The van der Waals surface area contributed by atoms with Crippen LogP contribution in [0.15, 0.2) is 12.2 Å². The van der Waals surface area contributed by atoms with Gasteiger partial charge < -0.3 is 25.3 Å². The number of hydrogen-bond acceptors (Lipinski definition) is 7. The van der Waals surface area contributed by atoms with E-state index in [9.17, 15) is 19.7 Å². The Bertz CT molecular complexity index is 1030. The predicted octanol–water partition coefficient (Wildman–Crippen LogP) is 3.88. The van der Waals surface area contributed by atoms with Gasteiger partial charge in [0.25, 0.3) is 5.96 Å². The summed E-state index contributed by atoms with van der Waals surface area (Å²) >= 11 is 0. The maximum atomic E-state index is 13.7. The Hall–Kier alpha value is -2.67. The number of hydrazine groups is 1. The van der Waals surface area contributed by atoms with Crippen LogP contribution >= 0.6 is 0 Å². The summed E-state index contributed by atoms with van der Waals surface area (Å²) in [6.45, 7) is 13.3. The third kappa shape index (κ3) is 9.17. The molecule has 43 heavy (non-hydrogen) atoms. The molecule has 12 nitrogen and oxygen atoms in total. The highest BCUT2D eigenvalue weighted by atomic mass is 16.7. The van der Waals surface area contributed by atoms with Crippen LogP contribution in [0.2, 0.25) is 0 Å². The molecule has 6 atom stereocenters. The molecular weight excluding hydrogens is 551 g/mol. The summed E-state index contributed by atoms with van der Waals surface area (Å²) in [5.74, 6) is -0.214. The summed E-state index contributed by atoms with van der Waals surface area (Å²) in [5.41, 5.74) is 1.56. The van der Waals surface area contributed by atoms with Crippen molar-refractivity contribution in [3.63, 3.8) is 0 Å². The average Bonchev–Trinajstić information content (AvgIpc) is 3.28. The van der Waals surface area contributed by atoms with Gasteiger partial charge in [0.1, 0.15) is 6.04 Å². The van der Waals surface area contributed by atoms with Crippen LogP contribution < -0.4 is 21.4 Å². The molecule has 2 amide bonds. The summed E-state index contributed by atoms with van der Waals surface area (Å²) in [6, 6.07) is -0.836. The van der Waals surface area contributed by atoms with E-state index >= 15 is 0 Å². The smallest absolute Gasteiger partial charge is 0.404 e. The molecule has 0 aromatic heterocycles. The summed E-state index contributed by atoms with van der Waals surface area (Å²) in [5, 5.41) is 25.9. The fourth-order valence-electron chi connectivity index (χ4n) is 7.12. The van der Waals surface area contributed by atoms with Crippen LogP contribution in [-0.4, -0.2) is 60.2 Å². The highest BCUT2D eigenvalue weighted by Gasteiger charge is 2.68. The second kappa shape index (κ2) is 15.4. The molecule has 3 aliphatic carbocycles. The number of amides is 2. The van der Waals surface area contributed by atoms with Gasteiger partial charge in [0, 0.05) is 6.54 Å². The van der Waals surface area contributed by atoms with Gasteiger partial charge in [0.2, 0.25) is 11.8 Å². The number of nitrogens with one attached hydrogen (secondary N) is 5. The van der Waals surface area contributed by atoms with Gasteiger partial charge in [0.05, 0.1) is 17.6 Å². The molecule has 0 spiro atoms. The van der Waals surface area contributed by atoms with E-state index in [1.807, 2.05) is 6.08 Å². The normalized spacial score (nSPS) is 26.8. The highest BCUT2D eigenvalue weighted by molar-refractivity contribution is 6.48. The number of guanidine groups is 1. The molecule has 5 N–H and O–H groups in total. The van der Waals surface area contributed by atoms with E-state index in [0.717, 1.165) is 44.9 Å². The number of hydrogen-bond donors (Lipinski definition) is 5. The topological polar surface area (TPSA) is 168 Å². The van der Waals surface area contributed by atoms with Crippen LogP contribution in [0.25, 0.3) is 0 Å². The lowest BCUT2D eigenvalue weighted by molar-refractivity contribution is -0.525. The van der Waals surface area contributed by atoms with E-state index in [-0.39, 0.29) is 48.2 Å². The Balaban J connectivity index is 1.65. The third-order valence-electron chi connectivity index (χ3n) is 9.65. The summed E-state index contributed by atoms with van der Waals surface area (Å²) < 4.78 is 13.2. The molecule has 1 aliphatic heterocycles. The molecule has 13 heteroatoms. The molecule has 4 rings (SSSR count). The minimum absolute atomic E-state index is 0.00651. The van der Waals surface area contributed by atoms with Gasteiger partial charge in [-0.15, -0.1) is 0 Å². The molecule has 0 radical (unpaired) electrons. The second-order valence-electron chi connectivity index (χ2n) is 13.7. The van der Waals surface area contributed by atoms with Gasteiger partial charge in [-0.1, -0.05) is 65.4 Å². The third-order valence-corrected chi connectivity index (χ3v) is 9.65. The van der Waals surface area contributed by atoms with Crippen LogP contribution in [-0.2, 0) is 18.9 Å². The Labute approximate surface area is 257 Å². The minimum atomic E-state index is -0.836. The Morgan fingerprint density at radius 1 is 1.14 bits per heavy atom. The van der Waals surface area contributed by atoms with E-state index < -0.39 is 29.8 Å². The molecule has 0 unspecified atom stereocenters. The number of nitro groups is 1. The maximum absolute atomic E-state index is 13.7. The largest absolute Gasteiger partial charge is 0.481 e. The number of carbonyl (C=O) groups excluding carboxylic acids is 2. The lowest BCUT2D eigenvalue weighted by Gasteiger charge is -2.64. The number of unbranched alkanes of at least 4 members (excludes halogenated alkanes) is 4. The first-order valence-corrected chi connectivity index (χ1v) is 16.1. The summed E-state index contributed by atoms with van der Waals surface area (Å²) in [6.07, 6.45) is 12.0. The lowest BCUT2D eigenvalue weighted by atomic mass is 9.43. The van der Waals surface area contributed by atoms with Crippen LogP contribution in [0.4, 0.5) is 0 Å². The van der Waals surface area contributed by atoms with Crippen molar-refractivity contribution in [2.24, 2.45) is 23.2 Å². The fourth-order valence-corrected chi connectivity index (χ4v) is 7.12. The summed E-state index contributed by atoms with van der Waals surface area (Å²) in [7, 11) is -0.578. The molecule has 0 aromatic carbocycles. The van der Waals surface area contributed by atoms with Crippen LogP contribution in [0.1, 0.15) is 106 Å². The number of rotatable bonds is 17. The Morgan fingerprint density at radius 2 is 1.88 bits per heavy atom. The van der Waals surface area contributed by atoms with Gasteiger partial charge in [0.15, 0.2) is 5.03 Å². The van der Waals surface area contributed by atoms with Crippen LogP contribution in [0.3, 0.4) is 0 Å². The van der Waals surface area contributed by atoms with Crippen molar-refractivity contribution in [2.75, 3.05) is 6.54 Å². The van der Waals surface area contributed by atoms with E-state index in [2.05, 4.69) is 57.5 Å². The van der Waals surface area contributed by atoms with Crippen molar-refractivity contribution >= 4 is 24.9 Å². The van der Waals surface area contributed by atoms with Crippen molar-refractivity contribution < 1.29 is 23.9 Å². The zero-order valence-electron chi connectivity index (χ0n) is 26.9. The quantitative estimate of drug-likeness (QED) is 0.0317. The Morgan fingerprint density at radius 3 is 2.53 bits per heavy atom. The van der Waals surface area contributed by atoms with Crippen molar-refractivity contribution in [2.45, 2.75) is 129 Å². The van der Waals surface area contributed by atoms with E-state index in [4.69, 9.17) is 14.7 Å². The second-order valence-corrected chi connectivity index (χ2v) is 13.7. The van der Waals surface area contributed by atoms with E-state index in [1.165, 1.54) is 6.08 Å². The first kappa shape index (κ1) is 34.8. The van der Waals surface area contributed by atoms with Gasteiger partial charge in [-0.2, -0.15) is 0 Å². The van der Waals surface area contributed by atoms with Gasteiger partial charge in [-0.25, -0.2) is 10.1 Å². The molecule has 1 saturated heterocycles.